The Morgan fingerprint density at radius 1 is 0.981 bits per heavy atom. The molecule has 1 amide bonds. The Kier molecular flexibility index (Phi) is 11.9. The molecule has 0 N–H and O–H groups in total. The molecular weight excluding hydrogens is 662 g/mol. The van der Waals surface area contributed by atoms with Crippen molar-refractivity contribution >= 4 is 23.6 Å². The fourth-order valence-corrected chi connectivity index (χ4v) is 9.58. The van der Waals surface area contributed by atoms with Gasteiger partial charge in [-0.15, -0.1) is 6.42 Å². The van der Waals surface area contributed by atoms with Crippen molar-refractivity contribution < 1.29 is 38.1 Å². The fourth-order valence-electron chi connectivity index (χ4n) is 9.58. The lowest BCUT2D eigenvalue weighted by Crippen LogP contribution is -2.64. The lowest BCUT2D eigenvalue weighted by Gasteiger charge is -2.48. The monoisotopic (exact) mass is 729 g/mol. The number of amides is 1. The molecule has 0 radical (unpaired) electrons. The summed E-state index contributed by atoms with van der Waals surface area (Å²) in [6, 6.07) is -0.366. The number of hydrogen-bond donors (Lipinski definition) is 0. The Morgan fingerprint density at radius 3 is 2.15 bits per heavy atom. The van der Waals surface area contributed by atoms with Crippen molar-refractivity contribution in [2.24, 2.45) is 34.1 Å². The third kappa shape index (κ3) is 7.07. The van der Waals surface area contributed by atoms with Crippen molar-refractivity contribution in [3.63, 3.8) is 0 Å². The van der Waals surface area contributed by atoms with E-state index in [1.54, 1.807) is 20.8 Å². The number of terminal acetylenes is 1. The van der Waals surface area contributed by atoms with Crippen LogP contribution in [0.15, 0.2) is 4.99 Å². The summed E-state index contributed by atoms with van der Waals surface area (Å²) in [4.78, 5) is 52.6. The first-order valence-electron chi connectivity index (χ1n) is 19.2. The zero-order valence-electron chi connectivity index (χ0n) is 34.8. The van der Waals surface area contributed by atoms with E-state index in [0.717, 1.165) is 12.1 Å². The molecule has 294 valence electrons. The van der Waals surface area contributed by atoms with E-state index in [1.807, 2.05) is 60.3 Å². The van der Waals surface area contributed by atoms with Gasteiger partial charge in [0.2, 0.25) is 0 Å². The molecule has 0 aromatic carbocycles. The second-order valence-corrected chi connectivity index (χ2v) is 18.3. The number of ketones is 1. The molecule has 4 aliphatic heterocycles. The second kappa shape index (κ2) is 14.6. The number of esters is 1. The Morgan fingerprint density at radius 2 is 1.60 bits per heavy atom. The molecule has 4 aliphatic rings. The molecule has 11 nitrogen and oxygen atoms in total. The summed E-state index contributed by atoms with van der Waals surface area (Å²) in [5.41, 5.74) is -4.62. The highest BCUT2D eigenvalue weighted by Crippen LogP contribution is 2.50. The second-order valence-electron chi connectivity index (χ2n) is 18.3. The first-order valence-corrected chi connectivity index (χ1v) is 19.2. The average molecular weight is 730 g/mol. The van der Waals surface area contributed by atoms with E-state index in [1.165, 1.54) is 0 Å². The van der Waals surface area contributed by atoms with Gasteiger partial charge in [0, 0.05) is 29.5 Å². The first kappa shape index (κ1) is 42.2. The van der Waals surface area contributed by atoms with Crippen molar-refractivity contribution in [1.29, 1.82) is 0 Å². The quantitative estimate of drug-likeness (QED) is 0.176. The SMILES string of the molecule is C#CCO[C@@]1(C)C[C@@H](C)C2=NC(C)(C)C(C)(C)N3C(=O)O[C@](C)([C@@H](CC)OC(=O)C(C)(C)C(=O)[C@H](C)[C@H]1O[C@@H]1O[C@H](C)C[C@H](N(C)C)[C@H]1C)[C@H]3[C@H]2C. The van der Waals surface area contributed by atoms with Gasteiger partial charge in [-0.3, -0.25) is 19.5 Å². The number of carbonyl (C=O) groups is 3. The zero-order chi connectivity index (χ0) is 39.5. The van der Waals surface area contributed by atoms with E-state index < -0.39 is 70.2 Å². The van der Waals surface area contributed by atoms with Crippen LogP contribution < -0.4 is 0 Å². The van der Waals surface area contributed by atoms with Crippen LogP contribution in [0.2, 0.25) is 0 Å². The number of carbonyl (C=O) groups excluding carboxylic acids is 3. The molecule has 0 aromatic heterocycles. The maximum absolute atomic E-state index is 14.8. The summed E-state index contributed by atoms with van der Waals surface area (Å²) in [5.74, 6) is 0.149. The van der Waals surface area contributed by atoms with E-state index >= 15 is 0 Å². The van der Waals surface area contributed by atoms with Crippen LogP contribution in [0.1, 0.15) is 116 Å². The van der Waals surface area contributed by atoms with Gasteiger partial charge < -0.3 is 28.6 Å². The molecule has 3 saturated heterocycles. The van der Waals surface area contributed by atoms with E-state index in [0.29, 0.717) is 12.8 Å². The first-order chi connectivity index (χ1) is 23.8. The van der Waals surface area contributed by atoms with Crippen LogP contribution >= 0.6 is 0 Å². The highest BCUT2D eigenvalue weighted by atomic mass is 16.7. The molecule has 11 heteroatoms. The standard InChI is InChI=1S/C41H67N3O8/c1-18-20-48-40(14)22-23(3)30-26(6)31-41(15,52-36(47)44(31)39(12,13)38(10,11)42-30)29(19-2)50-35(46)37(8,9)32(45)27(7)33(40)51-34-25(5)28(43(16)17)21-24(4)49-34/h1,23-29,31,33-34H,19-22H2,2-17H3/t23-,24-,25-,26+,27+,28+,29-,31-,33-,34+,40+,41-/m1/s1. The molecule has 4 rings (SSSR count). The summed E-state index contributed by atoms with van der Waals surface area (Å²) in [6.07, 6.45) is 4.46. The third-order valence-corrected chi connectivity index (χ3v) is 13.3. The van der Waals surface area contributed by atoms with Gasteiger partial charge in [0.15, 0.2) is 17.7 Å². The molecular formula is C41H67N3O8. The fraction of sp³-hybridized carbons (Fsp3) is 0.854. The molecule has 12 atom stereocenters. The van der Waals surface area contributed by atoms with Crippen LogP contribution in [-0.2, 0) is 33.3 Å². The van der Waals surface area contributed by atoms with Crippen LogP contribution in [0, 0.1) is 41.4 Å². The van der Waals surface area contributed by atoms with Crippen molar-refractivity contribution in [3.8, 4) is 12.3 Å². The van der Waals surface area contributed by atoms with Crippen LogP contribution in [0.5, 0.6) is 0 Å². The third-order valence-electron chi connectivity index (χ3n) is 13.3. The van der Waals surface area contributed by atoms with E-state index in [-0.39, 0.29) is 42.3 Å². The predicted octanol–water partition coefficient (Wildman–Crippen LogP) is 6.30. The molecule has 0 saturated carbocycles. The maximum Gasteiger partial charge on any atom is 0.411 e. The number of cyclic esters (lactones) is 1. The lowest BCUT2D eigenvalue weighted by atomic mass is 9.71. The van der Waals surface area contributed by atoms with E-state index in [9.17, 15) is 14.4 Å². The Labute approximate surface area is 313 Å². The van der Waals surface area contributed by atoms with Gasteiger partial charge >= 0.3 is 12.1 Å². The number of ether oxygens (including phenoxy) is 5. The molecule has 2 bridgehead atoms. The number of hydrogen-bond acceptors (Lipinski definition) is 10. The minimum atomic E-state index is -1.59. The molecule has 0 unspecified atom stereocenters. The smallest absolute Gasteiger partial charge is 0.411 e. The van der Waals surface area contributed by atoms with Gasteiger partial charge in [-0.05, 0) is 102 Å². The summed E-state index contributed by atoms with van der Waals surface area (Å²) >= 11 is 0. The van der Waals surface area contributed by atoms with Gasteiger partial charge in [0.25, 0.3) is 0 Å². The van der Waals surface area contributed by atoms with E-state index in [4.69, 9.17) is 35.1 Å². The van der Waals surface area contributed by atoms with Gasteiger partial charge in [0.1, 0.15) is 18.1 Å². The molecule has 0 aliphatic carbocycles. The Balaban J connectivity index is 1.98. The average Bonchev–Trinajstić information content (AvgIpc) is 3.30. The molecule has 3 fully saturated rings. The number of rotatable bonds is 6. The summed E-state index contributed by atoms with van der Waals surface area (Å²) in [5, 5.41) is 0. The Bertz CT molecular complexity index is 1450. The minimum Gasteiger partial charge on any atom is -0.457 e. The minimum absolute atomic E-state index is 0.0250. The van der Waals surface area contributed by atoms with Gasteiger partial charge in [-0.2, -0.15) is 0 Å². The van der Waals surface area contributed by atoms with Gasteiger partial charge in [-0.1, -0.05) is 40.5 Å². The van der Waals surface area contributed by atoms with Gasteiger partial charge in [0.05, 0.1) is 34.9 Å². The van der Waals surface area contributed by atoms with Crippen LogP contribution in [0.4, 0.5) is 4.79 Å². The zero-order valence-corrected chi connectivity index (χ0v) is 34.8. The highest BCUT2D eigenvalue weighted by molar-refractivity contribution is 6.04. The number of aliphatic imine (C=N–C) groups is 1. The normalized spacial score (nSPS) is 42.0. The molecule has 4 heterocycles. The summed E-state index contributed by atoms with van der Waals surface area (Å²) < 4.78 is 32.8. The molecule has 0 aromatic rings. The van der Waals surface area contributed by atoms with Crippen LogP contribution in [0.25, 0.3) is 0 Å². The predicted molar refractivity (Wildman–Crippen MR) is 201 cm³/mol. The van der Waals surface area contributed by atoms with Crippen LogP contribution in [0.3, 0.4) is 0 Å². The summed E-state index contributed by atoms with van der Waals surface area (Å²) in [7, 11) is 4.10. The van der Waals surface area contributed by atoms with Crippen molar-refractivity contribution in [2.45, 2.75) is 175 Å². The Hall–Kier alpha value is -2.52. The van der Waals surface area contributed by atoms with Crippen molar-refractivity contribution in [2.75, 3.05) is 20.7 Å². The van der Waals surface area contributed by atoms with Crippen molar-refractivity contribution in [1.82, 2.24) is 9.80 Å². The topological polar surface area (TPSA) is 116 Å². The van der Waals surface area contributed by atoms with Crippen molar-refractivity contribution in [3.05, 3.63) is 0 Å². The number of nitrogens with zero attached hydrogens (tertiary/aromatic N) is 3. The lowest BCUT2D eigenvalue weighted by molar-refractivity contribution is -0.282. The number of fused-ring (bicyclic) bond motifs is 1. The highest BCUT2D eigenvalue weighted by Gasteiger charge is 2.66. The van der Waals surface area contributed by atoms with Gasteiger partial charge in [-0.25, -0.2) is 4.79 Å². The molecule has 52 heavy (non-hydrogen) atoms. The summed E-state index contributed by atoms with van der Waals surface area (Å²) in [6.45, 7) is 27.1. The molecule has 0 spiro atoms. The maximum atomic E-state index is 14.8. The van der Waals surface area contributed by atoms with E-state index in [2.05, 4.69) is 45.7 Å². The van der Waals surface area contributed by atoms with Crippen LogP contribution in [-0.4, -0.2) is 113 Å². The largest absolute Gasteiger partial charge is 0.457 e. The number of Topliss-reactive ketones (excluding diaryl/α,β-unsaturated/α-hetero) is 1.